The molecule has 0 rings (SSSR count). The Hall–Kier alpha value is -1.11. The second kappa shape index (κ2) is 8.07. The molecule has 7 heteroatoms. The highest BCUT2D eigenvalue weighted by Gasteiger charge is 2.21. The second-order valence-corrected chi connectivity index (χ2v) is 5.80. The molecule has 0 radical (unpaired) electrons. The summed E-state index contributed by atoms with van der Waals surface area (Å²) in [5.74, 6) is -0.548. The van der Waals surface area contributed by atoms with E-state index in [-0.39, 0.29) is 24.5 Å². The lowest BCUT2D eigenvalue weighted by Gasteiger charge is -2.28. The predicted molar refractivity (Wildman–Crippen MR) is 71.0 cm³/mol. The Morgan fingerprint density at radius 1 is 1.39 bits per heavy atom. The average Bonchev–Trinajstić information content (AvgIpc) is 2.14. The quantitative estimate of drug-likeness (QED) is 0.716. The van der Waals surface area contributed by atoms with E-state index in [1.165, 1.54) is 4.90 Å². The van der Waals surface area contributed by atoms with Crippen molar-refractivity contribution in [2.75, 3.05) is 18.6 Å². The molecular weight excluding hydrogens is 256 g/mol. The fraction of sp³-hybridized carbons (Fsp3) is 0.818. The minimum Gasteiger partial charge on any atom is -0.481 e. The lowest BCUT2D eigenvalue weighted by atomic mass is 10.2. The number of nitrogens with zero attached hydrogens (tertiary/aromatic N) is 1. The highest BCUT2D eigenvalue weighted by molar-refractivity contribution is 7.84. The van der Waals surface area contributed by atoms with Gasteiger partial charge >= 0.3 is 12.0 Å². The number of carboxylic acids is 1. The van der Waals surface area contributed by atoms with Crippen molar-refractivity contribution >= 4 is 22.8 Å². The number of hydrogen-bond donors (Lipinski definition) is 2. The van der Waals surface area contributed by atoms with E-state index in [1.54, 1.807) is 27.0 Å². The van der Waals surface area contributed by atoms with Gasteiger partial charge in [-0.15, -0.1) is 0 Å². The van der Waals surface area contributed by atoms with Crippen LogP contribution in [0, 0.1) is 0 Å². The molecule has 0 fully saturated rings. The summed E-state index contributed by atoms with van der Waals surface area (Å²) in [4.78, 5) is 24.0. The molecule has 0 bridgehead atoms. The summed E-state index contributed by atoms with van der Waals surface area (Å²) >= 11 is 0. The average molecular weight is 278 g/mol. The third-order valence-corrected chi connectivity index (χ3v) is 3.43. The zero-order valence-corrected chi connectivity index (χ0v) is 12.1. The van der Waals surface area contributed by atoms with Gasteiger partial charge in [-0.25, -0.2) is 4.79 Å². The van der Waals surface area contributed by atoms with E-state index in [4.69, 9.17) is 5.11 Å². The van der Waals surface area contributed by atoms with Crippen molar-refractivity contribution < 1.29 is 18.9 Å². The Balaban J connectivity index is 4.42. The number of hydrogen-bond acceptors (Lipinski definition) is 3. The standard InChI is InChI=1S/C11H22N2O4S/c1-5-13(9(3)6-10(14)15)11(16)12-8(2)7-18(4)17/h8-9H,5-7H2,1-4H3,(H,12,16)(H,14,15). The molecule has 0 aromatic rings. The van der Waals surface area contributed by atoms with Crippen LogP contribution in [0.4, 0.5) is 4.79 Å². The van der Waals surface area contributed by atoms with Crippen molar-refractivity contribution in [2.24, 2.45) is 0 Å². The highest BCUT2D eigenvalue weighted by atomic mass is 32.2. The van der Waals surface area contributed by atoms with E-state index in [2.05, 4.69) is 5.32 Å². The minimum atomic E-state index is -0.974. The van der Waals surface area contributed by atoms with E-state index >= 15 is 0 Å². The van der Waals surface area contributed by atoms with Crippen LogP contribution in [-0.2, 0) is 15.6 Å². The predicted octanol–water partition coefficient (Wildman–Crippen LogP) is 0.648. The lowest BCUT2D eigenvalue weighted by Crippen LogP contribution is -2.49. The van der Waals surface area contributed by atoms with Crippen molar-refractivity contribution in [2.45, 2.75) is 39.3 Å². The first-order valence-electron chi connectivity index (χ1n) is 5.86. The first-order chi connectivity index (χ1) is 8.27. The molecule has 0 spiro atoms. The Morgan fingerprint density at radius 2 is 1.94 bits per heavy atom. The highest BCUT2D eigenvalue weighted by Crippen LogP contribution is 2.04. The molecule has 18 heavy (non-hydrogen) atoms. The van der Waals surface area contributed by atoms with E-state index in [0.29, 0.717) is 12.3 Å². The van der Waals surface area contributed by atoms with Crippen LogP contribution in [0.15, 0.2) is 0 Å². The van der Waals surface area contributed by atoms with Crippen molar-refractivity contribution in [3.05, 3.63) is 0 Å². The number of aliphatic carboxylic acids is 1. The van der Waals surface area contributed by atoms with Crippen LogP contribution in [-0.4, -0.2) is 56.9 Å². The summed E-state index contributed by atoms with van der Waals surface area (Å²) in [5, 5.41) is 11.4. The number of carbonyl (C=O) groups excluding carboxylic acids is 1. The van der Waals surface area contributed by atoms with Gasteiger partial charge in [0, 0.05) is 41.4 Å². The normalized spacial score (nSPS) is 15.6. The van der Waals surface area contributed by atoms with E-state index in [0.717, 1.165) is 0 Å². The number of urea groups is 1. The Morgan fingerprint density at radius 3 is 2.33 bits per heavy atom. The molecule has 2 amide bonds. The summed E-state index contributed by atoms with van der Waals surface area (Å²) < 4.78 is 11.0. The first-order valence-corrected chi connectivity index (χ1v) is 7.59. The molecule has 0 aliphatic rings. The van der Waals surface area contributed by atoms with Gasteiger partial charge in [0.15, 0.2) is 0 Å². The third kappa shape index (κ3) is 6.58. The maximum Gasteiger partial charge on any atom is 0.317 e. The second-order valence-electron chi connectivity index (χ2n) is 4.32. The molecule has 0 aliphatic carbocycles. The zero-order chi connectivity index (χ0) is 14.3. The van der Waals surface area contributed by atoms with Crippen LogP contribution in [0.5, 0.6) is 0 Å². The molecule has 0 aliphatic heterocycles. The van der Waals surface area contributed by atoms with Gasteiger partial charge in [0.25, 0.3) is 0 Å². The molecule has 3 unspecified atom stereocenters. The summed E-state index contributed by atoms with van der Waals surface area (Å²) in [5.41, 5.74) is 0. The number of rotatable bonds is 7. The van der Waals surface area contributed by atoms with E-state index < -0.39 is 16.8 Å². The van der Waals surface area contributed by atoms with Gasteiger partial charge in [-0.3, -0.25) is 9.00 Å². The van der Waals surface area contributed by atoms with Gasteiger partial charge in [-0.2, -0.15) is 0 Å². The molecule has 106 valence electrons. The summed E-state index contributed by atoms with van der Waals surface area (Å²) in [6.07, 6.45) is 1.49. The third-order valence-electron chi connectivity index (χ3n) is 2.46. The monoisotopic (exact) mass is 278 g/mol. The van der Waals surface area contributed by atoms with Gasteiger partial charge in [-0.05, 0) is 20.8 Å². The fourth-order valence-electron chi connectivity index (χ4n) is 1.71. The van der Waals surface area contributed by atoms with Crippen molar-refractivity contribution in [3.63, 3.8) is 0 Å². The fourth-order valence-corrected chi connectivity index (χ4v) is 2.49. The smallest absolute Gasteiger partial charge is 0.317 e. The van der Waals surface area contributed by atoms with Gasteiger partial charge in [0.2, 0.25) is 0 Å². The van der Waals surface area contributed by atoms with Crippen molar-refractivity contribution in [1.29, 1.82) is 0 Å². The van der Waals surface area contributed by atoms with Crippen molar-refractivity contribution in [1.82, 2.24) is 10.2 Å². The number of carboxylic acid groups (broad SMARTS) is 1. The lowest BCUT2D eigenvalue weighted by molar-refractivity contribution is -0.138. The maximum absolute atomic E-state index is 11.9. The number of amides is 2. The zero-order valence-electron chi connectivity index (χ0n) is 11.3. The first kappa shape index (κ1) is 16.9. The molecular formula is C11H22N2O4S. The summed E-state index contributed by atoms with van der Waals surface area (Å²) in [7, 11) is -0.974. The topological polar surface area (TPSA) is 86.7 Å². The number of carbonyl (C=O) groups is 2. The van der Waals surface area contributed by atoms with Gasteiger partial charge in [0.1, 0.15) is 0 Å². The van der Waals surface area contributed by atoms with E-state index in [1.807, 2.05) is 0 Å². The largest absolute Gasteiger partial charge is 0.481 e. The van der Waals surface area contributed by atoms with E-state index in [9.17, 15) is 13.8 Å². The summed E-state index contributed by atoms with van der Waals surface area (Å²) in [6.45, 7) is 5.69. The Kier molecular flexibility index (Phi) is 7.58. The van der Waals surface area contributed by atoms with Crippen LogP contribution in [0.2, 0.25) is 0 Å². The van der Waals surface area contributed by atoms with Crippen LogP contribution in [0.3, 0.4) is 0 Å². The van der Waals surface area contributed by atoms with Gasteiger partial charge in [-0.1, -0.05) is 0 Å². The molecule has 2 N–H and O–H groups in total. The molecule has 0 aromatic heterocycles. The maximum atomic E-state index is 11.9. The van der Waals surface area contributed by atoms with Crippen LogP contribution >= 0.6 is 0 Å². The SMILES string of the molecule is CCN(C(=O)NC(C)CS(C)=O)C(C)CC(=O)O. The number of nitrogens with one attached hydrogen (secondary N) is 1. The van der Waals surface area contributed by atoms with Gasteiger partial charge in [0.05, 0.1) is 6.42 Å². The van der Waals surface area contributed by atoms with Crippen LogP contribution < -0.4 is 5.32 Å². The molecule has 3 atom stereocenters. The van der Waals surface area contributed by atoms with Crippen LogP contribution in [0.1, 0.15) is 27.2 Å². The molecule has 0 saturated heterocycles. The molecule has 6 nitrogen and oxygen atoms in total. The van der Waals surface area contributed by atoms with Crippen molar-refractivity contribution in [3.8, 4) is 0 Å². The Labute approximate surface area is 110 Å². The van der Waals surface area contributed by atoms with Gasteiger partial charge < -0.3 is 15.3 Å². The minimum absolute atomic E-state index is 0.0879. The Bertz CT molecular complexity index is 322. The van der Waals surface area contributed by atoms with Crippen LogP contribution in [0.25, 0.3) is 0 Å². The molecule has 0 heterocycles. The summed E-state index contributed by atoms with van der Waals surface area (Å²) in [6, 6.07) is -0.884. The molecule has 0 saturated carbocycles. The molecule has 0 aromatic carbocycles.